The van der Waals surface area contributed by atoms with E-state index < -0.39 is 0 Å². The Morgan fingerprint density at radius 3 is 2.76 bits per heavy atom. The Labute approximate surface area is 193 Å². The van der Waals surface area contributed by atoms with E-state index in [2.05, 4.69) is 21.3 Å². The third kappa shape index (κ3) is 5.01. The number of nitrogens with zero attached hydrogens (tertiary/aromatic N) is 3. The zero-order valence-corrected chi connectivity index (χ0v) is 19.0. The molecule has 170 valence electrons. The van der Waals surface area contributed by atoms with Gasteiger partial charge in [-0.2, -0.15) is 5.26 Å². The molecular weight excluding hydrogens is 416 g/mol. The number of rotatable bonds is 7. The molecule has 2 heterocycles. The van der Waals surface area contributed by atoms with Crippen molar-refractivity contribution in [2.45, 2.75) is 26.3 Å². The van der Waals surface area contributed by atoms with Crippen LogP contribution < -0.4 is 19.7 Å². The molecule has 7 heteroatoms. The largest absolute Gasteiger partial charge is 0.497 e. The molecule has 1 aliphatic heterocycles. The van der Waals surface area contributed by atoms with E-state index in [1.165, 1.54) is 0 Å². The highest BCUT2D eigenvalue weighted by molar-refractivity contribution is 5.95. The molecule has 1 N–H and O–H groups in total. The Bertz CT molecular complexity index is 1180. The predicted molar refractivity (Wildman–Crippen MR) is 127 cm³/mol. The van der Waals surface area contributed by atoms with Gasteiger partial charge in [0.15, 0.2) is 0 Å². The fourth-order valence-corrected chi connectivity index (χ4v) is 4.32. The van der Waals surface area contributed by atoms with E-state index >= 15 is 0 Å². The number of aromatic nitrogens is 1. The molecule has 0 bridgehead atoms. The van der Waals surface area contributed by atoms with Crippen molar-refractivity contribution in [3.05, 3.63) is 59.8 Å². The summed E-state index contributed by atoms with van der Waals surface area (Å²) >= 11 is 0. The van der Waals surface area contributed by atoms with Crippen LogP contribution in [0.1, 0.15) is 30.9 Å². The maximum Gasteiger partial charge on any atom is 0.223 e. The molecule has 1 fully saturated rings. The van der Waals surface area contributed by atoms with Gasteiger partial charge in [0.1, 0.15) is 17.6 Å². The molecule has 0 spiro atoms. The van der Waals surface area contributed by atoms with Gasteiger partial charge in [-0.3, -0.25) is 9.78 Å². The monoisotopic (exact) mass is 444 g/mol. The van der Waals surface area contributed by atoms with Gasteiger partial charge in [-0.15, -0.1) is 0 Å². The van der Waals surface area contributed by atoms with Gasteiger partial charge < -0.3 is 19.7 Å². The third-order valence-electron chi connectivity index (χ3n) is 6.03. The molecule has 0 unspecified atom stereocenters. The number of carbonyl (C=O) groups is 1. The van der Waals surface area contributed by atoms with Gasteiger partial charge >= 0.3 is 0 Å². The van der Waals surface area contributed by atoms with Crippen molar-refractivity contribution in [1.29, 1.82) is 5.26 Å². The zero-order valence-electron chi connectivity index (χ0n) is 19.0. The lowest BCUT2D eigenvalue weighted by molar-refractivity contribution is -0.125. The molecular formula is C26H28N4O3. The number of hydrogen-bond donors (Lipinski definition) is 1. The lowest BCUT2D eigenvalue weighted by Gasteiger charge is -2.34. The van der Waals surface area contributed by atoms with E-state index in [0.29, 0.717) is 31.8 Å². The molecule has 0 aliphatic carbocycles. The van der Waals surface area contributed by atoms with Crippen molar-refractivity contribution in [2.24, 2.45) is 5.92 Å². The van der Waals surface area contributed by atoms with Crippen molar-refractivity contribution >= 4 is 22.5 Å². The lowest BCUT2D eigenvalue weighted by Crippen LogP contribution is -2.40. The van der Waals surface area contributed by atoms with E-state index in [-0.39, 0.29) is 11.8 Å². The molecule has 1 aromatic heterocycles. The smallest absolute Gasteiger partial charge is 0.223 e. The Morgan fingerprint density at radius 2 is 2.03 bits per heavy atom. The number of nitriles is 1. The van der Waals surface area contributed by atoms with Crippen molar-refractivity contribution in [1.82, 2.24) is 10.3 Å². The van der Waals surface area contributed by atoms with Crippen LogP contribution in [-0.2, 0) is 11.3 Å². The van der Waals surface area contributed by atoms with Gasteiger partial charge in [0.05, 0.1) is 30.5 Å². The Kier molecular flexibility index (Phi) is 6.94. The minimum Gasteiger partial charge on any atom is -0.497 e. The first-order chi connectivity index (χ1) is 16.1. The Balaban J connectivity index is 1.45. The number of carbonyl (C=O) groups excluding carboxylic acids is 1. The second kappa shape index (κ2) is 10.2. The normalized spacial score (nSPS) is 14.0. The van der Waals surface area contributed by atoms with Crippen LogP contribution in [0.15, 0.2) is 48.7 Å². The fraction of sp³-hybridized carbons (Fsp3) is 0.346. The number of nitrogens with one attached hydrogen (secondary N) is 1. The molecule has 1 aliphatic rings. The summed E-state index contributed by atoms with van der Waals surface area (Å²) in [5.74, 6) is 1.55. The molecule has 7 nitrogen and oxygen atoms in total. The van der Waals surface area contributed by atoms with Crippen LogP contribution in [0.4, 0.5) is 5.69 Å². The van der Waals surface area contributed by atoms with Crippen LogP contribution in [0.5, 0.6) is 11.5 Å². The van der Waals surface area contributed by atoms with E-state index in [1.807, 2.05) is 49.4 Å². The minimum absolute atomic E-state index is 0.0514. The van der Waals surface area contributed by atoms with Crippen LogP contribution >= 0.6 is 0 Å². The first-order valence-corrected chi connectivity index (χ1v) is 11.2. The first kappa shape index (κ1) is 22.4. The van der Waals surface area contributed by atoms with Gasteiger partial charge in [0, 0.05) is 37.1 Å². The maximum absolute atomic E-state index is 12.8. The number of ether oxygens (including phenoxy) is 2. The summed E-state index contributed by atoms with van der Waals surface area (Å²) < 4.78 is 10.9. The molecule has 0 radical (unpaired) electrons. The highest BCUT2D eigenvalue weighted by atomic mass is 16.5. The Morgan fingerprint density at radius 1 is 1.21 bits per heavy atom. The molecule has 1 saturated heterocycles. The fourth-order valence-electron chi connectivity index (χ4n) is 4.32. The van der Waals surface area contributed by atoms with E-state index in [9.17, 15) is 10.1 Å². The van der Waals surface area contributed by atoms with Gasteiger partial charge in [-0.25, -0.2) is 0 Å². The second-order valence-electron chi connectivity index (χ2n) is 8.07. The quantitative estimate of drug-likeness (QED) is 0.592. The molecule has 1 amide bonds. The van der Waals surface area contributed by atoms with Crippen LogP contribution in [0, 0.1) is 17.2 Å². The summed E-state index contributed by atoms with van der Waals surface area (Å²) in [5, 5.41) is 13.7. The summed E-state index contributed by atoms with van der Waals surface area (Å²) in [6, 6.07) is 15.8. The average molecular weight is 445 g/mol. The van der Waals surface area contributed by atoms with E-state index in [1.54, 1.807) is 13.3 Å². The minimum atomic E-state index is -0.0514. The van der Waals surface area contributed by atoms with Crippen molar-refractivity contribution < 1.29 is 14.3 Å². The van der Waals surface area contributed by atoms with Crippen molar-refractivity contribution in [3.63, 3.8) is 0 Å². The third-order valence-corrected chi connectivity index (χ3v) is 6.03. The first-order valence-electron chi connectivity index (χ1n) is 11.2. The second-order valence-corrected chi connectivity index (χ2v) is 8.07. The number of piperidine rings is 1. The summed E-state index contributed by atoms with van der Waals surface area (Å²) in [7, 11) is 1.63. The number of benzene rings is 2. The predicted octanol–water partition coefficient (Wildman–Crippen LogP) is 4.05. The summed E-state index contributed by atoms with van der Waals surface area (Å²) in [6.07, 6.45) is 3.08. The van der Waals surface area contributed by atoms with E-state index in [0.717, 1.165) is 46.5 Å². The molecule has 33 heavy (non-hydrogen) atoms. The van der Waals surface area contributed by atoms with Crippen LogP contribution in [0.2, 0.25) is 0 Å². The van der Waals surface area contributed by atoms with Gasteiger partial charge in [-0.1, -0.05) is 12.1 Å². The number of anilines is 1. The Hall–Kier alpha value is -3.79. The molecule has 3 aromatic rings. The number of fused-ring (bicyclic) bond motifs is 1. The number of pyridine rings is 1. The average Bonchev–Trinajstić information content (AvgIpc) is 2.87. The number of hydrogen-bond acceptors (Lipinski definition) is 6. The lowest BCUT2D eigenvalue weighted by atomic mass is 9.94. The molecule has 0 atom stereocenters. The topological polar surface area (TPSA) is 87.5 Å². The SMILES string of the molecule is CCOc1ccc2ncc(C#N)c(N3CCC(C(=O)NCc4cccc(OC)c4)CC3)c2c1. The molecule has 4 rings (SSSR count). The summed E-state index contributed by atoms with van der Waals surface area (Å²) in [4.78, 5) is 19.4. The van der Waals surface area contributed by atoms with E-state index in [4.69, 9.17) is 9.47 Å². The highest BCUT2D eigenvalue weighted by Crippen LogP contribution is 2.34. The van der Waals surface area contributed by atoms with Crippen LogP contribution in [0.3, 0.4) is 0 Å². The van der Waals surface area contributed by atoms with Gasteiger partial charge in [-0.05, 0) is 55.7 Å². The molecule has 2 aromatic carbocycles. The van der Waals surface area contributed by atoms with Gasteiger partial charge in [0.25, 0.3) is 0 Å². The number of methoxy groups -OCH3 is 1. The van der Waals surface area contributed by atoms with Crippen molar-refractivity contribution in [3.8, 4) is 17.6 Å². The van der Waals surface area contributed by atoms with Crippen LogP contribution in [-0.4, -0.2) is 37.7 Å². The standard InChI is InChI=1S/C26H28N4O3/c1-3-33-22-7-8-24-23(14-22)25(20(15-27)17-28-24)30-11-9-19(10-12-30)26(31)29-16-18-5-4-6-21(13-18)32-2/h4-8,13-14,17,19H,3,9-12,16H2,1-2H3,(H,29,31). The van der Waals surface area contributed by atoms with Crippen LogP contribution in [0.25, 0.3) is 10.9 Å². The van der Waals surface area contributed by atoms with Crippen molar-refractivity contribution in [2.75, 3.05) is 31.7 Å². The summed E-state index contributed by atoms with van der Waals surface area (Å²) in [5.41, 5.74) is 3.24. The van der Waals surface area contributed by atoms with Gasteiger partial charge in [0.2, 0.25) is 5.91 Å². The maximum atomic E-state index is 12.8. The summed E-state index contributed by atoms with van der Waals surface area (Å²) in [6.45, 7) is 4.39. The zero-order chi connectivity index (χ0) is 23.2. The highest BCUT2D eigenvalue weighted by Gasteiger charge is 2.27. The molecule has 0 saturated carbocycles. The number of amides is 1.